The van der Waals surface area contributed by atoms with Gasteiger partial charge in [0.2, 0.25) is 35.4 Å². The van der Waals surface area contributed by atoms with Gasteiger partial charge in [0.1, 0.15) is 18.1 Å². The number of carbonyl (C=O) groups is 7. The van der Waals surface area contributed by atoms with Crippen LogP contribution in [0.4, 0.5) is 0 Å². The second kappa shape index (κ2) is 16.2. The van der Waals surface area contributed by atoms with Crippen LogP contribution in [0.2, 0.25) is 0 Å². The summed E-state index contributed by atoms with van der Waals surface area (Å²) >= 11 is 0. The molecule has 208 valence electrons. The normalized spacial score (nSPS) is 13.6. The van der Waals surface area contributed by atoms with Crippen molar-refractivity contribution in [3.63, 3.8) is 0 Å². The minimum atomic E-state index is -1.64. The highest BCUT2D eigenvalue weighted by Crippen LogP contribution is 2.04. The highest BCUT2D eigenvalue weighted by molar-refractivity contribution is 5.96. The lowest BCUT2D eigenvalue weighted by molar-refractivity contribution is -0.142. The number of amides is 6. The molecule has 0 saturated carbocycles. The summed E-state index contributed by atoms with van der Waals surface area (Å²) in [6.07, 6.45) is -1.88. The Morgan fingerprint density at radius 3 is 1.68 bits per heavy atom. The van der Waals surface area contributed by atoms with Crippen LogP contribution in [0.5, 0.6) is 0 Å². The molecular weight excluding hydrogens is 496 g/mol. The average molecular weight is 531 g/mol. The van der Waals surface area contributed by atoms with Crippen LogP contribution in [-0.2, 0) is 33.6 Å². The van der Waals surface area contributed by atoms with Crippen molar-refractivity contribution in [2.75, 3.05) is 6.54 Å². The molecule has 18 nitrogen and oxygen atoms in total. The van der Waals surface area contributed by atoms with Crippen molar-refractivity contribution < 1.29 is 38.7 Å². The summed E-state index contributed by atoms with van der Waals surface area (Å²) in [6.45, 7) is 0.0859. The Labute approximate surface area is 211 Å². The van der Waals surface area contributed by atoms with Crippen molar-refractivity contribution in [1.82, 2.24) is 16.0 Å². The van der Waals surface area contributed by atoms with E-state index in [0.717, 1.165) is 0 Å². The topological polar surface area (TPSA) is 344 Å². The zero-order valence-electron chi connectivity index (χ0n) is 20.0. The van der Waals surface area contributed by atoms with E-state index in [2.05, 4.69) is 20.9 Å². The molecule has 0 aromatic carbocycles. The number of nitrogens with two attached hydrogens (primary N) is 6. The first-order valence-corrected chi connectivity index (χ1v) is 10.9. The molecule has 18 heteroatoms. The number of hydrogen-bond acceptors (Lipinski definition) is 9. The van der Waals surface area contributed by atoms with Gasteiger partial charge in [0.05, 0.1) is 18.9 Å². The van der Waals surface area contributed by atoms with Crippen LogP contribution in [0.3, 0.4) is 0 Å². The highest BCUT2D eigenvalue weighted by Gasteiger charge is 2.31. The summed E-state index contributed by atoms with van der Waals surface area (Å²) in [6, 6.07) is -5.96. The maximum absolute atomic E-state index is 12.8. The summed E-state index contributed by atoms with van der Waals surface area (Å²) in [5.41, 5.74) is 31.2. The first-order chi connectivity index (χ1) is 17.1. The lowest BCUT2D eigenvalue weighted by Crippen LogP contribution is -2.58. The molecule has 37 heavy (non-hydrogen) atoms. The van der Waals surface area contributed by atoms with Gasteiger partial charge < -0.3 is 55.5 Å². The van der Waals surface area contributed by atoms with Crippen molar-refractivity contribution in [1.29, 1.82) is 0 Å². The quantitative estimate of drug-likeness (QED) is 0.0451. The summed E-state index contributed by atoms with van der Waals surface area (Å²) < 4.78 is 0. The zero-order valence-corrected chi connectivity index (χ0v) is 20.0. The number of carboxylic acids is 1. The van der Waals surface area contributed by atoms with Gasteiger partial charge in [-0.25, -0.2) is 4.79 Å². The summed E-state index contributed by atoms with van der Waals surface area (Å²) in [4.78, 5) is 86.7. The minimum absolute atomic E-state index is 0.0859. The molecule has 0 heterocycles. The fourth-order valence-electron chi connectivity index (χ4n) is 2.86. The SMILES string of the molecule is NC(=O)CCC(NC(=O)C(N)CC(N)=O)C(=O)NC(CC(N)=O)C(=O)NC(CCCN=C(N)N)C(=O)O. The second-order valence-corrected chi connectivity index (χ2v) is 7.92. The average Bonchev–Trinajstić information content (AvgIpc) is 2.76. The zero-order chi connectivity index (χ0) is 28.7. The lowest BCUT2D eigenvalue weighted by Gasteiger charge is -2.24. The molecule has 0 aliphatic rings. The molecule has 0 aromatic heterocycles. The highest BCUT2D eigenvalue weighted by atomic mass is 16.4. The predicted octanol–water partition coefficient (Wildman–Crippen LogP) is -6.08. The molecule has 4 unspecified atom stereocenters. The number of primary amides is 3. The summed E-state index contributed by atoms with van der Waals surface area (Å²) in [7, 11) is 0. The van der Waals surface area contributed by atoms with E-state index in [1.807, 2.05) is 0 Å². The molecule has 4 atom stereocenters. The van der Waals surface area contributed by atoms with Gasteiger partial charge in [-0.2, -0.15) is 0 Å². The Morgan fingerprint density at radius 2 is 1.19 bits per heavy atom. The van der Waals surface area contributed by atoms with Gasteiger partial charge in [0.25, 0.3) is 0 Å². The molecular formula is C19H34N10O8. The maximum Gasteiger partial charge on any atom is 0.326 e. The Balaban J connectivity index is 5.56. The molecule has 0 saturated heterocycles. The fourth-order valence-corrected chi connectivity index (χ4v) is 2.86. The molecule has 0 bridgehead atoms. The molecule has 0 rings (SSSR count). The maximum atomic E-state index is 12.8. The Morgan fingerprint density at radius 1 is 0.676 bits per heavy atom. The van der Waals surface area contributed by atoms with Gasteiger partial charge in [-0.15, -0.1) is 0 Å². The molecule has 0 aliphatic heterocycles. The largest absolute Gasteiger partial charge is 0.480 e. The fraction of sp³-hybridized carbons (Fsp3) is 0.579. The van der Waals surface area contributed by atoms with Crippen LogP contribution < -0.4 is 50.4 Å². The van der Waals surface area contributed by atoms with E-state index in [1.54, 1.807) is 0 Å². The third kappa shape index (κ3) is 14.5. The number of guanidine groups is 1. The van der Waals surface area contributed by atoms with Crippen molar-refractivity contribution in [2.45, 2.75) is 62.7 Å². The number of nitrogens with one attached hydrogen (secondary N) is 3. The van der Waals surface area contributed by atoms with Crippen molar-refractivity contribution in [3.8, 4) is 0 Å². The van der Waals surface area contributed by atoms with Gasteiger partial charge in [0, 0.05) is 13.0 Å². The van der Waals surface area contributed by atoms with E-state index in [1.165, 1.54) is 0 Å². The van der Waals surface area contributed by atoms with Gasteiger partial charge in [-0.05, 0) is 19.3 Å². The van der Waals surface area contributed by atoms with Crippen LogP contribution in [0.15, 0.2) is 4.99 Å². The number of nitrogens with zero attached hydrogens (tertiary/aromatic N) is 1. The van der Waals surface area contributed by atoms with Gasteiger partial charge in [-0.1, -0.05) is 0 Å². The number of carboxylic acid groups (broad SMARTS) is 1. The van der Waals surface area contributed by atoms with E-state index < -0.39 is 78.4 Å². The van der Waals surface area contributed by atoms with Gasteiger partial charge in [-0.3, -0.25) is 33.8 Å². The second-order valence-electron chi connectivity index (χ2n) is 7.92. The van der Waals surface area contributed by atoms with Crippen molar-refractivity contribution >= 4 is 47.4 Å². The van der Waals surface area contributed by atoms with Crippen LogP contribution in [0.25, 0.3) is 0 Å². The number of aliphatic carboxylic acids is 1. The monoisotopic (exact) mass is 530 g/mol. The Bertz CT molecular complexity index is 905. The van der Waals surface area contributed by atoms with Crippen LogP contribution in [0, 0.1) is 0 Å². The van der Waals surface area contributed by atoms with Gasteiger partial charge >= 0.3 is 5.97 Å². The number of hydrogen-bond donors (Lipinski definition) is 10. The van der Waals surface area contributed by atoms with E-state index in [4.69, 9.17) is 34.4 Å². The third-order valence-electron chi connectivity index (χ3n) is 4.67. The first kappa shape index (κ1) is 32.5. The van der Waals surface area contributed by atoms with E-state index >= 15 is 0 Å². The smallest absolute Gasteiger partial charge is 0.326 e. The molecule has 0 aromatic rings. The first-order valence-electron chi connectivity index (χ1n) is 10.9. The van der Waals surface area contributed by atoms with E-state index in [0.29, 0.717) is 0 Å². The van der Waals surface area contributed by atoms with Crippen molar-refractivity contribution in [2.24, 2.45) is 39.4 Å². The minimum Gasteiger partial charge on any atom is -0.480 e. The van der Waals surface area contributed by atoms with Crippen LogP contribution in [0.1, 0.15) is 38.5 Å². The number of carbonyl (C=O) groups excluding carboxylic acids is 6. The van der Waals surface area contributed by atoms with Crippen molar-refractivity contribution in [3.05, 3.63) is 0 Å². The molecule has 6 amide bonds. The van der Waals surface area contributed by atoms with E-state index in [9.17, 15) is 38.7 Å². The Kier molecular flexibility index (Phi) is 14.3. The molecule has 0 fully saturated rings. The predicted molar refractivity (Wildman–Crippen MR) is 127 cm³/mol. The molecule has 0 aliphatic carbocycles. The molecule has 0 radical (unpaired) electrons. The number of aliphatic imine (C=N–C) groups is 1. The standard InChI is InChI=1S/C19H34N10O8/c20-8(6-13(22)31)15(33)27-9(3-4-12(21)30)16(34)29-11(7-14(23)32)17(35)28-10(18(36)37)2-1-5-26-19(24)25/h8-11H,1-7,20H2,(H2,21,30)(H2,22,31)(H2,23,32)(H,27,33)(H,28,35)(H,29,34)(H,36,37)(H4,24,25,26). The lowest BCUT2D eigenvalue weighted by atomic mass is 10.1. The number of rotatable bonds is 18. The third-order valence-corrected chi connectivity index (χ3v) is 4.67. The summed E-state index contributed by atoms with van der Waals surface area (Å²) in [5.74, 6) is -7.39. The molecule has 16 N–H and O–H groups in total. The van der Waals surface area contributed by atoms with Crippen LogP contribution in [-0.4, -0.2) is 83.2 Å². The summed E-state index contributed by atoms with van der Waals surface area (Å²) in [5, 5.41) is 16.0. The van der Waals surface area contributed by atoms with E-state index in [-0.39, 0.29) is 38.2 Å². The van der Waals surface area contributed by atoms with Crippen LogP contribution >= 0.6 is 0 Å². The van der Waals surface area contributed by atoms with Gasteiger partial charge in [0.15, 0.2) is 5.96 Å². The molecule has 0 spiro atoms. The Hall–Kier alpha value is -4.48.